The van der Waals surface area contributed by atoms with Crippen LogP contribution in [0.5, 0.6) is 0 Å². The fraction of sp³-hybridized carbons (Fsp3) is 0.500. The van der Waals surface area contributed by atoms with Gasteiger partial charge >= 0.3 is 0 Å². The maximum atomic E-state index is 5.73. The molecule has 2 N–H and O–H groups in total. The third kappa shape index (κ3) is 2.11. The molecule has 0 saturated carbocycles. The average Bonchev–Trinajstić information content (AvgIpc) is 2.07. The number of hydrogen-bond acceptors (Lipinski definition) is 2. The molecule has 2 nitrogen and oxygen atoms in total. The molecule has 1 aliphatic carbocycles. The van der Waals surface area contributed by atoms with Crippen LogP contribution in [0.1, 0.15) is 20.3 Å². The lowest BCUT2D eigenvalue weighted by molar-refractivity contribution is 0.327. The highest BCUT2D eigenvalue weighted by Gasteiger charge is 2.15. The summed E-state index contributed by atoms with van der Waals surface area (Å²) in [5, 5.41) is 0. The van der Waals surface area contributed by atoms with E-state index in [1.54, 1.807) is 0 Å². The summed E-state index contributed by atoms with van der Waals surface area (Å²) in [6.07, 6.45) is 7.03. The van der Waals surface area contributed by atoms with E-state index in [1.165, 1.54) is 6.04 Å². The lowest BCUT2D eigenvalue weighted by Gasteiger charge is -2.27. The van der Waals surface area contributed by atoms with E-state index in [9.17, 15) is 0 Å². The molecule has 0 unspecified atom stereocenters. The second-order valence-electron chi connectivity index (χ2n) is 2.94. The number of likely N-dealkylation sites (N-methyl/N-ethyl adjacent to an activating group) is 1. The number of allylic oxidation sites excluding steroid dienone is 2. The van der Waals surface area contributed by atoms with Gasteiger partial charge in [-0.15, -0.1) is 0 Å². The zero-order valence-corrected chi connectivity index (χ0v) is 7.88. The van der Waals surface area contributed by atoms with E-state index in [4.69, 9.17) is 5.73 Å². The second kappa shape index (κ2) is 4.31. The third-order valence-electron chi connectivity index (χ3n) is 2.15. The molecule has 1 rings (SSSR count). The number of hydrogen-bond donors (Lipinski definition) is 1. The summed E-state index contributed by atoms with van der Waals surface area (Å²) >= 11 is 0. The van der Waals surface area contributed by atoms with Crippen LogP contribution in [-0.2, 0) is 0 Å². The summed E-state index contributed by atoms with van der Waals surface area (Å²) in [4.78, 5) is 2.33. The first-order chi connectivity index (χ1) is 5.77. The molecule has 0 aromatic heterocycles. The van der Waals surface area contributed by atoms with Crippen molar-refractivity contribution in [1.29, 1.82) is 0 Å². The molecule has 0 bridgehead atoms. The lowest BCUT2D eigenvalue weighted by atomic mass is 10.0. The van der Waals surface area contributed by atoms with E-state index in [2.05, 4.69) is 24.8 Å². The minimum Gasteiger partial charge on any atom is -0.402 e. The first-order valence-corrected chi connectivity index (χ1v) is 4.51. The van der Waals surface area contributed by atoms with Crippen LogP contribution < -0.4 is 5.73 Å². The Kier molecular flexibility index (Phi) is 3.35. The van der Waals surface area contributed by atoms with Crippen molar-refractivity contribution in [1.82, 2.24) is 4.90 Å². The van der Waals surface area contributed by atoms with Crippen molar-refractivity contribution in [3.8, 4) is 0 Å². The SMILES string of the molecule is CCN(CC)[C]1C=CC=C(N)C1. The number of rotatable bonds is 3. The molecule has 0 saturated heterocycles. The first kappa shape index (κ1) is 9.33. The standard InChI is InChI=1S/C10H17N2/c1-3-12(4-2)10-7-5-6-9(11)8-10/h5-7H,3-4,8,11H2,1-2H3. The van der Waals surface area contributed by atoms with Crippen molar-refractivity contribution < 1.29 is 0 Å². The lowest BCUT2D eigenvalue weighted by Crippen LogP contribution is -2.29. The van der Waals surface area contributed by atoms with E-state index >= 15 is 0 Å². The number of nitrogens with two attached hydrogens (primary N) is 1. The van der Waals surface area contributed by atoms with E-state index < -0.39 is 0 Å². The fourth-order valence-electron chi connectivity index (χ4n) is 1.46. The minimum absolute atomic E-state index is 0.901. The Hall–Kier alpha value is -0.760. The van der Waals surface area contributed by atoms with Crippen LogP contribution in [0, 0.1) is 6.04 Å². The Morgan fingerprint density at radius 1 is 1.42 bits per heavy atom. The molecule has 0 aromatic rings. The molecule has 0 spiro atoms. The molecule has 2 heteroatoms. The van der Waals surface area contributed by atoms with E-state index in [0.29, 0.717) is 0 Å². The van der Waals surface area contributed by atoms with Crippen molar-refractivity contribution in [2.75, 3.05) is 13.1 Å². The predicted molar refractivity (Wildman–Crippen MR) is 52.2 cm³/mol. The highest BCUT2D eigenvalue weighted by molar-refractivity contribution is 5.27. The summed E-state index contributed by atoms with van der Waals surface area (Å²) in [5.41, 5.74) is 6.69. The van der Waals surface area contributed by atoms with Gasteiger partial charge in [-0.3, -0.25) is 4.90 Å². The van der Waals surface area contributed by atoms with Crippen LogP contribution in [0.2, 0.25) is 0 Å². The maximum Gasteiger partial charge on any atom is 0.0674 e. The van der Waals surface area contributed by atoms with Gasteiger partial charge in [0, 0.05) is 12.1 Å². The normalized spacial score (nSPS) is 18.4. The van der Waals surface area contributed by atoms with Gasteiger partial charge in [-0.2, -0.15) is 0 Å². The molecule has 67 valence electrons. The van der Waals surface area contributed by atoms with E-state index in [0.717, 1.165) is 25.2 Å². The molecular weight excluding hydrogens is 148 g/mol. The van der Waals surface area contributed by atoms with Crippen LogP contribution in [0.3, 0.4) is 0 Å². The highest BCUT2D eigenvalue weighted by atomic mass is 15.1. The van der Waals surface area contributed by atoms with Crippen LogP contribution in [0.4, 0.5) is 0 Å². The molecule has 0 fully saturated rings. The maximum absolute atomic E-state index is 5.73. The van der Waals surface area contributed by atoms with Gasteiger partial charge in [0.05, 0.1) is 6.04 Å². The quantitative estimate of drug-likeness (QED) is 0.689. The molecule has 0 aromatic carbocycles. The summed E-state index contributed by atoms with van der Waals surface area (Å²) in [7, 11) is 0. The molecule has 12 heavy (non-hydrogen) atoms. The van der Waals surface area contributed by atoms with Crippen LogP contribution in [-0.4, -0.2) is 18.0 Å². The largest absolute Gasteiger partial charge is 0.402 e. The van der Waals surface area contributed by atoms with Crippen molar-refractivity contribution in [3.05, 3.63) is 30.0 Å². The third-order valence-corrected chi connectivity index (χ3v) is 2.15. The van der Waals surface area contributed by atoms with Crippen LogP contribution in [0.25, 0.3) is 0 Å². The Morgan fingerprint density at radius 3 is 2.58 bits per heavy atom. The predicted octanol–water partition coefficient (Wildman–Crippen LogP) is 1.66. The second-order valence-corrected chi connectivity index (χ2v) is 2.94. The topological polar surface area (TPSA) is 29.3 Å². The van der Waals surface area contributed by atoms with Crippen LogP contribution in [0.15, 0.2) is 23.9 Å². The molecule has 0 aliphatic heterocycles. The minimum atomic E-state index is 0.901. The fourth-order valence-corrected chi connectivity index (χ4v) is 1.46. The summed E-state index contributed by atoms with van der Waals surface area (Å²) in [5.74, 6) is 0. The van der Waals surface area contributed by atoms with Gasteiger partial charge in [0.1, 0.15) is 0 Å². The zero-order chi connectivity index (χ0) is 8.97. The first-order valence-electron chi connectivity index (χ1n) is 4.51. The van der Waals surface area contributed by atoms with Gasteiger partial charge in [0.2, 0.25) is 0 Å². The monoisotopic (exact) mass is 165 g/mol. The Balaban J connectivity index is 2.54. The van der Waals surface area contributed by atoms with Gasteiger partial charge in [-0.25, -0.2) is 0 Å². The highest BCUT2D eigenvalue weighted by Crippen LogP contribution is 2.20. The van der Waals surface area contributed by atoms with Gasteiger partial charge < -0.3 is 5.73 Å². The smallest absolute Gasteiger partial charge is 0.0674 e. The van der Waals surface area contributed by atoms with Crippen molar-refractivity contribution >= 4 is 0 Å². The molecular formula is C10H17N2. The Bertz CT molecular complexity index is 190. The molecule has 0 atom stereocenters. The number of nitrogens with zero attached hydrogens (tertiary/aromatic N) is 1. The van der Waals surface area contributed by atoms with Crippen molar-refractivity contribution in [2.24, 2.45) is 5.73 Å². The Labute approximate surface area is 74.7 Å². The van der Waals surface area contributed by atoms with Gasteiger partial charge in [-0.05, 0) is 19.2 Å². The molecule has 0 amide bonds. The summed E-state index contributed by atoms with van der Waals surface area (Å²) < 4.78 is 0. The Morgan fingerprint density at radius 2 is 2.08 bits per heavy atom. The molecule has 0 heterocycles. The molecule has 1 radical (unpaired) electrons. The van der Waals surface area contributed by atoms with Gasteiger partial charge in [0.25, 0.3) is 0 Å². The van der Waals surface area contributed by atoms with E-state index in [-0.39, 0.29) is 0 Å². The van der Waals surface area contributed by atoms with Crippen molar-refractivity contribution in [2.45, 2.75) is 20.3 Å². The van der Waals surface area contributed by atoms with E-state index in [1.807, 2.05) is 12.2 Å². The van der Waals surface area contributed by atoms with Crippen molar-refractivity contribution in [3.63, 3.8) is 0 Å². The zero-order valence-electron chi connectivity index (χ0n) is 7.88. The average molecular weight is 165 g/mol. The van der Waals surface area contributed by atoms with Gasteiger partial charge in [-0.1, -0.05) is 26.0 Å². The van der Waals surface area contributed by atoms with Crippen LogP contribution >= 0.6 is 0 Å². The summed E-state index contributed by atoms with van der Waals surface area (Å²) in [6.45, 7) is 6.45. The summed E-state index contributed by atoms with van der Waals surface area (Å²) in [6, 6.07) is 1.33. The van der Waals surface area contributed by atoms with Gasteiger partial charge in [0.15, 0.2) is 0 Å². The molecule has 1 aliphatic rings.